The van der Waals surface area contributed by atoms with Crippen molar-refractivity contribution in [2.45, 2.75) is 58.5 Å². The van der Waals surface area contributed by atoms with E-state index in [4.69, 9.17) is 4.74 Å². The van der Waals surface area contributed by atoms with Crippen molar-refractivity contribution in [2.24, 2.45) is 5.92 Å². The highest BCUT2D eigenvalue weighted by Gasteiger charge is 2.35. The summed E-state index contributed by atoms with van der Waals surface area (Å²) in [6.45, 7) is 10.1. The van der Waals surface area contributed by atoms with Crippen LogP contribution in [0.2, 0.25) is 0 Å². The van der Waals surface area contributed by atoms with E-state index in [1.54, 1.807) is 14.2 Å². The minimum Gasteiger partial charge on any atom is -0.495 e. The Morgan fingerprint density at radius 3 is 2.53 bits per heavy atom. The molecule has 38 heavy (non-hydrogen) atoms. The number of carbonyl (C=O) groups excluding carboxylic acids is 3. The number of fused-ring (bicyclic) bond motifs is 1. The third kappa shape index (κ3) is 5.76. The van der Waals surface area contributed by atoms with Crippen molar-refractivity contribution in [1.29, 1.82) is 0 Å². The first-order chi connectivity index (χ1) is 18.3. The Labute approximate surface area is 229 Å². The molecule has 0 bridgehead atoms. The third-order valence-electron chi connectivity index (χ3n) is 7.88. The van der Waals surface area contributed by atoms with Crippen LogP contribution in [0.25, 0.3) is 10.1 Å². The molecule has 0 radical (unpaired) electrons. The van der Waals surface area contributed by atoms with Crippen molar-refractivity contribution in [2.75, 3.05) is 52.2 Å². The van der Waals surface area contributed by atoms with E-state index in [0.29, 0.717) is 35.4 Å². The monoisotopic (exact) mass is 543 g/mol. The highest BCUT2D eigenvalue weighted by atomic mass is 32.1. The van der Waals surface area contributed by atoms with Crippen molar-refractivity contribution >= 4 is 44.3 Å². The Balaban J connectivity index is 1.46. The van der Waals surface area contributed by atoms with Gasteiger partial charge in [-0.05, 0) is 59.1 Å². The van der Waals surface area contributed by atoms with E-state index in [9.17, 15) is 14.4 Å². The molecule has 1 aromatic heterocycles. The van der Waals surface area contributed by atoms with Gasteiger partial charge in [0.25, 0.3) is 5.91 Å². The second-order valence-electron chi connectivity index (χ2n) is 10.4. The summed E-state index contributed by atoms with van der Waals surface area (Å²) in [6, 6.07) is 5.86. The van der Waals surface area contributed by atoms with Crippen LogP contribution in [0.1, 0.15) is 56.8 Å². The number of methoxy groups -OCH3 is 1. The van der Waals surface area contributed by atoms with Gasteiger partial charge in [-0.25, -0.2) is 4.79 Å². The first-order valence-electron chi connectivity index (χ1n) is 13.7. The number of piperidine rings is 2. The Morgan fingerprint density at radius 1 is 1.16 bits per heavy atom. The summed E-state index contributed by atoms with van der Waals surface area (Å²) < 4.78 is 6.36. The van der Waals surface area contributed by atoms with Crippen LogP contribution < -0.4 is 15.4 Å². The van der Waals surface area contributed by atoms with E-state index < -0.39 is 0 Å². The Kier molecular flexibility index (Phi) is 9.15. The number of nitrogens with zero attached hydrogens (tertiary/aromatic N) is 3. The molecule has 1 aromatic carbocycles. The maximum absolute atomic E-state index is 13.8. The lowest BCUT2D eigenvalue weighted by molar-refractivity contribution is -0.139. The Bertz CT molecular complexity index is 1160. The molecule has 9 nitrogen and oxygen atoms in total. The Morgan fingerprint density at radius 2 is 1.89 bits per heavy atom. The lowest BCUT2D eigenvalue weighted by Crippen LogP contribution is -2.52. The van der Waals surface area contributed by atoms with Crippen molar-refractivity contribution < 1.29 is 19.1 Å². The van der Waals surface area contributed by atoms with Gasteiger partial charge in [-0.3, -0.25) is 19.8 Å². The number of ether oxygens (including phenoxy) is 1. The summed E-state index contributed by atoms with van der Waals surface area (Å²) >= 11 is 1.35. The molecule has 2 fully saturated rings. The average Bonchev–Trinajstić information content (AvgIpc) is 3.30. The van der Waals surface area contributed by atoms with Crippen molar-refractivity contribution in [3.05, 3.63) is 23.8 Å². The number of amides is 4. The topological polar surface area (TPSA) is 94.2 Å². The van der Waals surface area contributed by atoms with Crippen molar-refractivity contribution in [1.82, 2.24) is 20.0 Å². The summed E-state index contributed by atoms with van der Waals surface area (Å²) in [6.07, 6.45) is 3.73. The van der Waals surface area contributed by atoms with Gasteiger partial charge >= 0.3 is 6.03 Å². The molecule has 1 atom stereocenters. The fourth-order valence-corrected chi connectivity index (χ4v) is 7.04. The number of nitrogens with one attached hydrogen (secondary N) is 2. The van der Waals surface area contributed by atoms with Crippen molar-refractivity contribution in [3.63, 3.8) is 0 Å². The van der Waals surface area contributed by atoms with E-state index in [2.05, 4.69) is 29.4 Å². The molecule has 4 amide bonds. The van der Waals surface area contributed by atoms with E-state index in [0.717, 1.165) is 55.4 Å². The van der Waals surface area contributed by atoms with Gasteiger partial charge in [0.05, 0.1) is 23.3 Å². The molecule has 2 aliphatic heterocycles. The van der Waals surface area contributed by atoms with Gasteiger partial charge in [0.15, 0.2) is 0 Å². The number of rotatable bonds is 7. The summed E-state index contributed by atoms with van der Waals surface area (Å²) in [7, 11) is 3.16. The molecule has 2 saturated heterocycles. The lowest BCUT2D eigenvalue weighted by Gasteiger charge is -2.43. The van der Waals surface area contributed by atoms with Crippen LogP contribution in [0.4, 0.5) is 9.80 Å². The number of anilines is 1. The predicted molar refractivity (Wildman–Crippen MR) is 152 cm³/mol. The van der Waals surface area contributed by atoms with Crippen LogP contribution >= 0.6 is 11.3 Å². The molecular formula is C28H41N5O4S. The molecule has 2 N–H and O–H groups in total. The molecule has 3 heterocycles. The molecule has 208 valence electrons. The molecular weight excluding hydrogens is 502 g/mol. The van der Waals surface area contributed by atoms with Crippen LogP contribution in [0, 0.1) is 5.92 Å². The predicted octanol–water partition coefficient (Wildman–Crippen LogP) is 4.23. The molecule has 10 heteroatoms. The molecule has 1 unspecified atom stereocenters. The van der Waals surface area contributed by atoms with Gasteiger partial charge in [-0.15, -0.1) is 11.3 Å². The van der Waals surface area contributed by atoms with Crippen LogP contribution in [0.3, 0.4) is 0 Å². The van der Waals surface area contributed by atoms with E-state index in [1.807, 2.05) is 34.9 Å². The van der Waals surface area contributed by atoms with Gasteiger partial charge < -0.3 is 19.9 Å². The zero-order chi connectivity index (χ0) is 27.4. The van der Waals surface area contributed by atoms with Crippen LogP contribution in [-0.2, 0) is 4.79 Å². The summed E-state index contributed by atoms with van der Waals surface area (Å²) in [5.41, 5.74) is 0.517. The number of thiophene rings is 1. The minimum atomic E-state index is -0.364. The molecule has 4 rings (SSSR count). The van der Waals surface area contributed by atoms with Gasteiger partial charge in [-0.2, -0.15) is 0 Å². The second-order valence-corrected chi connectivity index (χ2v) is 11.4. The number of likely N-dealkylation sites (tertiary alicyclic amines) is 2. The summed E-state index contributed by atoms with van der Waals surface area (Å²) in [5.74, 6) is 0.932. The highest BCUT2D eigenvalue weighted by Crippen LogP contribution is 2.41. The van der Waals surface area contributed by atoms with Crippen LogP contribution in [0.15, 0.2) is 18.2 Å². The highest BCUT2D eigenvalue weighted by molar-refractivity contribution is 7.23. The normalized spacial score (nSPS) is 19.0. The zero-order valence-electron chi connectivity index (χ0n) is 23.2. The molecule has 0 spiro atoms. The summed E-state index contributed by atoms with van der Waals surface area (Å²) in [4.78, 5) is 45.5. The third-order valence-corrected chi connectivity index (χ3v) is 9.02. The van der Waals surface area contributed by atoms with E-state index in [1.165, 1.54) is 11.3 Å². The first kappa shape index (κ1) is 28.2. The second kappa shape index (κ2) is 12.3. The molecule has 2 aliphatic rings. The van der Waals surface area contributed by atoms with Crippen LogP contribution in [-0.4, -0.2) is 91.5 Å². The SMILES string of the molecule is CCN(C(=O)C1CCCN(C2CCN(C(=O)c3c(NC(=O)NC)sc4c(OC)cccc34)CC2)C1)C(C)C. The van der Waals surface area contributed by atoms with E-state index in [-0.39, 0.29) is 29.8 Å². The fourth-order valence-electron chi connectivity index (χ4n) is 5.86. The number of hydrogen-bond donors (Lipinski definition) is 2. The molecule has 0 saturated carbocycles. The van der Waals surface area contributed by atoms with Gasteiger partial charge in [-0.1, -0.05) is 12.1 Å². The molecule has 2 aromatic rings. The maximum Gasteiger partial charge on any atom is 0.319 e. The van der Waals surface area contributed by atoms with Crippen LogP contribution in [0.5, 0.6) is 5.75 Å². The quantitative estimate of drug-likeness (QED) is 0.545. The smallest absolute Gasteiger partial charge is 0.319 e. The number of urea groups is 1. The van der Waals surface area contributed by atoms with Gasteiger partial charge in [0.1, 0.15) is 10.8 Å². The van der Waals surface area contributed by atoms with Gasteiger partial charge in [0.2, 0.25) is 5.91 Å². The van der Waals surface area contributed by atoms with E-state index >= 15 is 0 Å². The zero-order valence-corrected chi connectivity index (χ0v) is 24.0. The average molecular weight is 544 g/mol. The first-order valence-corrected chi connectivity index (χ1v) is 14.5. The summed E-state index contributed by atoms with van der Waals surface area (Å²) in [5, 5.41) is 6.72. The van der Waals surface area contributed by atoms with Crippen molar-refractivity contribution in [3.8, 4) is 5.75 Å². The minimum absolute atomic E-state index is 0.0521. The largest absolute Gasteiger partial charge is 0.495 e. The Hall–Kier alpha value is -2.85. The number of carbonyl (C=O) groups is 3. The van der Waals surface area contributed by atoms with Gasteiger partial charge in [0, 0.05) is 50.7 Å². The number of benzene rings is 1. The molecule has 0 aliphatic carbocycles. The maximum atomic E-state index is 13.8. The number of hydrogen-bond acceptors (Lipinski definition) is 6. The fraction of sp³-hybridized carbons (Fsp3) is 0.607. The lowest BCUT2D eigenvalue weighted by atomic mass is 9.92. The standard InChI is InChI=1S/C28H41N5O4S/c1-6-33(18(2)3)26(34)19-9-8-14-32(17-19)20-12-15-31(16-13-20)27(35)23-21-10-7-11-22(37-5)24(21)38-25(23)30-28(36)29-4/h7,10-11,18-20H,6,8-9,12-17H2,1-5H3,(H2,29,30,36).